The molecule has 112 valence electrons. The van der Waals surface area contributed by atoms with Gasteiger partial charge in [-0.15, -0.1) is 0 Å². The first-order valence-corrected chi connectivity index (χ1v) is 9.63. The normalized spacial score (nSPS) is 34.9. The van der Waals surface area contributed by atoms with Gasteiger partial charge in [0.15, 0.2) is 13.9 Å². The molecule has 1 saturated heterocycles. The summed E-state index contributed by atoms with van der Waals surface area (Å²) in [5.74, 6) is 0. The van der Waals surface area contributed by atoms with Crippen molar-refractivity contribution in [2.75, 3.05) is 12.6 Å². The monoisotopic (exact) mass is 321 g/mol. The predicted octanol–water partition coefficient (Wildman–Crippen LogP) is -0.323. The minimum absolute atomic E-state index is 0.316. The van der Waals surface area contributed by atoms with Crippen molar-refractivity contribution in [2.24, 2.45) is 0 Å². The first-order valence-electron chi connectivity index (χ1n) is 6.10. The molecule has 0 radical (unpaired) electrons. The number of quaternary nitrogens is 1. The van der Waals surface area contributed by atoms with Crippen molar-refractivity contribution < 1.29 is 33.2 Å². The minimum Gasteiger partial charge on any atom is -0.774 e. The van der Waals surface area contributed by atoms with Gasteiger partial charge < -0.3 is 28.7 Å². The number of hydrogen-bond acceptors (Lipinski definition) is 4. The summed E-state index contributed by atoms with van der Waals surface area (Å²) in [6.07, 6.45) is -1.66. The summed E-state index contributed by atoms with van der Waals surface area (Å²) in [4.78, 5) is 30.3. The van der Waals surface area contributed by atoms with E-state index in [-0.39, 0.29) is 6.04 Å². The smallest absolute Gasteiger partial charge is 0.379 e. The van der Waals surface area contributed by atoms with E-state index in [4.69, 9.17) is 14.3 Å². The van der Waals surface area contributed by atoms with Gasteiger partial charge in [-0.25, -0.2) is 0 Å². The maximum absolute atomic E-state index is 11.8. The lowest BCUT2D eigenvalue weighted by atomic mass is 10.0. The molecular weight excluding hydrogens is 304 g/mol. The van der Waals surface area contributed by atoms with Gasteiger partial charge in [0.05, 0.1) is 0 Å². The van der Waals surface area contributed by atoms with E-state index in [0.717, 1.165) is 0 Å². The van der Waals surface area contributed by atoms with Crippen molar-refractivity contribution >= 4 is 15.2 Å². The summed E-state index contributed by atoms with van der Waals surface area (Å²) in [6, 6.07) is 8.43. The van der Waals surface area contributed by atoms with Crippen LogP contribution in [0.4, 0.5) is 0 Å². The molecule has 3 N–H and O–H groups in total. The highest BCUT2D eigenvalue weighted by molar-refractivity contribution is 7.52. The zero-order valence-corrected chi connectivity index (χ0v) is 12.7. The molecule has 1 aromatic carbocycles. The predicted molar refractivity (Wildman–Crippen MR) is 70.1 cm³/mol. The molecule has 9 heteroatoms. The van der Waals surface area contributed by atoms with E-state index in [1.807, 2.05) is 0 Å². The van der Waals surface area contributed by atoms with Crippen LogP contribution in [0.15, 0.2) is 30.3 Å². The van der Waals surface area contributed by atoms with Gasteiger partial charge >= 0.3 is 7.60 Å². The Balaban J connectivity index is 2.29. The molecule has 7 nitrogen and oxygen atoms in total. The van der Waals surface area contributed by atoms with Crippen LogP contribution in [0.25, 0.3) is 0 Å². The Morgan fingerprint density at radius 3 is 2.60 bits per heavy atom. The van der Waals surface area contributed by atoms with E-state index < -0.39 is 33.9 Å². The van der Waals surface area contributed by atoms with Crippen molar-refractivity contribution in [3.8, 4) is 0 Å². The van der Waals surface area contributed by atoms with Crippen LogP contribution in [-0.4, -0.2) is 28.4 Å². The number of nitrogens with one attached hydrogen (secondary N) is 1. The topological polar surface area (TPSA) is 111 Å². The Morgan fingerprint density at radius 1 is 1.45 bits per heavy atom. The van der Waals surface area contributed by atoms with Gasteiger partial charge in [0, 0.05) is 0 Å². The third-order valence-electron chi connectivity index (χ3n) is 3.31. The lowest BCUT2D eigenvalue weighted by Crippen LogP contribution is -3.16. The Morgan fingerprint density at radius 2 is 2.05 bits per heavy atom. The minimum atomic E-state index is -4.30. The number of hydrogen-bond donors (Lipinski definition) is 3. The molecular formula is C11H17NO6P2. The van der Waals surface area contributed by atoms with Gasteiger partial charge in [-0.05, 0) is 12.5 Å². The average Bonchev–Trinajstić information content (AvgIpc) is 2.32. The van der Waals surface area contributed by atoms with Crippen LogP contribution in [0.2, 0.25) is 0 Å². The van der Waals surface area contributed by atoms with Gasteiger partial charge in [0.25, 0.3) is 0 Å². The highest BCUT2D eigenvalue weighted by Gasteiger charge is 2.42. The second kappa shape index (κ2) is 5.70. The molecule has 0 aliphatic carbocycles. The van der Waals surface area contributed by atoms with Crippen LogP contribution in [0.3, 0.4) is 0 Å². The fraction of sp³-hybridized carbons (Fsp3) is 0.455. The van der Waals surface area contributed by atoms with Crippen LogP contribution in [-0.2, 0) is 13.7 Å². The Hall–Kier alpha value is -0.520. The largest absolute Gasteiger partial charge is 0.774 e. The summed E-state index contributed by atoms with van der Waals surface area (Å²) in [6.45, 7) is 1.72. The summed E-state index contributed by atoms with van der Waals surface area (Å²) in [5.41, 5.74) is 0.680. The molecule has 0 saturated carbocycles. The summed E-state index contributed by atoms with van der Waals surface area (Å²) in [5, 5.41) is 0. The highest BCUT2D eigenvalue weighted by atomic mass is 31.2. The third-order valence-corrected chi connectivity index (χ3v) is 5.47. The maximum Gasteiger partial charge on any atom is 0.379 e. The molecule has 1 heterocycles. The van der Waals surface area contributed by atoms with Gasteiger partial charge in [-0.2, -0.15) is 0 Å². The molecule has 0 amide bonds. The van der Waals surface area contributed by atoms with E-state index in [9.17, 15) is 14.0 Å². The zero-order valence-electron chi connectivity index (χ0n) is 10.9. The van der Waals surface area contributed by atoms with Crippen LogP contribution >= 0.6 is 15.2 Å². The van der Waals surface area contributed by atoms with Crippen molar-refractivity contribution in [1.82, 2.24) is 0 Å². The van der Waals surface area contributed by atoms with Crippen LogP contribution in [0.1, 0.15) is 18.6 Å². The first-order chi connectivity index (χ1) is 9.18. The highest BCUT2D eigenvalue weighted by Crippen LogP contribution is 2.45. The Bertz CT molecular complexity index is 557. The second-order valence-corrected chi connectivity index (χ2v) is 8.37. The third kappa shape index (κ3) is 3.99. The van der Waals surface area contributed by atoms with E-state index >= 15 is 0 Å². The van der Waals surface area contributed by atoms with Crippen molar-refractivity contribution in [1.29, 1.82) is 0 Å². The molecule has 4 atom stereocenters. The molecule has 0 spiro atoms. The maximum atomic E-state index is 11.8. The standard InChI is InChI=1S/C11H17NO6P2/c1-9-11(10-5-3-2-4-6-10)18-20(16,17)8-12(9)7-19(13,14)15/h2-6,9,11H,7-8H2,1H3,(H,16,17)(H2,13,14,15)/t9-,11-/m0/s1. The second-order valence-electron chi connectivity index (χ2n) is 4.98. The first kappa shape index (κ1) is 15.9. The molecule has 20 heavy (non-hydrogen) atoms. The molecule has 2 unspecified atom stereocenters. The SMILES string of the molecule is C[C@H]1[C@@H](c2ccccc2)OP(=O)([O-])C[NH+]1CP(=O)(O)O. The van der Waals surface area contributed by atoms with E-state index in [1.165, 1.54) is 0 Å². The lowest BCUT2D eigenvalue weighted by molar-refractivity contribution is -0.912. The van der Waals surface area contributed by atoms with E-state index in [0.29, 0.717) is 10.5 Å². The number of benzene rings is 1. The summed E-state index contributed by atoms with van der Waals surface area (Å²) >= 11 is 0. The number of rotatable bonds is 3. The molecule has 1 aliphatic heterocycles. The fourth-order valence-electron chi connectivity index (χ4n) is 2.36. The quantitative estimate of drug-likeness (QED) is 0.658. The molecule has 2 rings (SSSR count). The molecule has 1 aliphatic rings. The molecule has 1 fully saturated rings. The van der Waals surface area contributed by atoms with Crippen LogP contribution in [0.5, 0.6) is 0 Å². The molecule has 0 aromatic heterocycles. The Kier molecular flexibility index (Phi) is 4.52. The van der Waals surface area contributed by atoms with Gasteiger partial charge in [0.2, 0.25) is 0 Å². The molecule has 0 bridgehead atoms. The van der Waals surface area contributed by atoms with E-state index in [2.05, 4.69) is 0 Å². The van der Waals surface area contributed by atoms with Gasteiger partial charge in [0.1, 0.15) is 18.4 Å². The van der Waals surface area contributed by atoms with Crippen LogP contribution < -0.4 is 9.79 Å². The summed E-state index contributed by atoms with van der Waals surface area (Å²) in [7, 11) is -8.42. The van der Waals surface area contributed by atoms with Crippen LogP contribution in [0, 0.1) is 0 Å². The fourth-order valence-corrected chi connectivity index (χ4v) is 5.09. The van der Waals surface area contributed by atoms with Gasteiger partial charge in [-0.1, -0.05) is 30.3 Å². The van der Waals surface area contributed by atoms with Gasteiger partial charge in [-0.3, -0.25) is 4.57 Å². The summed E-state index contributed by atoms with van der Waals surface area (Å²) < 4.78 is 28.1. The van der Waals surface area contributed by atoms with E-state index in [1.54, 1.807) is 37.3 Å². The average molecular weight is 321 g/mol. The van der Waals surface area contributed by atoms with Crippen molar-refractivity contribution in [3.05, 3.63) is 35.9 Å². The zero-order chi connectivity index (χ0) is 15.0. The Labute approximate surface area is 116 Å². The van der Waals surface area contributed by atoms with Crippen molar-refractivity contribution in [2.45, 2.75) is 19.1 Å². The van der Waals surface area contributed by atoms with Crippen molar-refractivity contribution in [3.63, 3.8) is 0 Å². The lowest BCUT2D eigenvalue weighted by Gasteiger charge is -2.42. The molecule has 1 aromatic rings.